The highest BCUT2D eigenvalue weighted by atomic mass is 16.1. The molecule has 0 bridgehead atoms. The van der Waals surface area contributed by atoms with Gasteiger partial charge in [-0.2, -0.15) is 0 Å². The maximum Gasteiger partial charge on any atom is 0.189 e. The summed E-state index contributed by atoms with van der Waals surface area (Å²) in [5, 5.41) is 0. The Kier molecular flexibility index (Phi) is 3.46. The largest absolute Gasteiger partial charge is 0.289 e. The third-order valence-corrected chi connectivity index (χ3v) is 3.38. The summed E-state index contributed by atoms with van der Waals surface area (Å²) in [5.41, 5.74) is 5.72. The third-order valence-electron chi connectivity index (χ3n) is 3.38. The highest BCUT2D eigenvalue weighted by Crippen LogP contribution is 2.38. The summed E-state index contributed by atoms with van der Waals surface area (Å²) < 4.78 is 0. The van der Waals surface area contributed by atoms with E-state index in [1.165, 1.54) is 16.7 Å². The lowest BCUT2D eigenvalue weighted by Gasteiger charge is -2.06. The molecule has 1 aliphatic carbocycles. The molecule has 1 heteroatoms. The zero-order valence-corrected chi connectivity index (χ0v) is 11.0. The van der Waals surface area contributed by atoms with Crippen LogP contribution in [0.2, 0.25) is 0 Å². The predicted octanol–water partition coefficient (Wildman–Crippen LogP) is 4.55. The van der Waals surface area contributed by atoms with Crippen LogP contribution in [0.15, 0.2) is 23.8 Å². The van der Waals surface area contributed by atoms with Gasteiger partial charge in [0.1, 0.15) is 0 Å². The monoisotopic (exact) mass is 228 g/mol. The topological polar surface area (TPSA) is 17.1 Å². The van der Waals surface area contributed by atoms with Crippen LogP contribution in [0.4, 0.5) is 0 Å². The maximum absolute atomic E-state index is 12.3. The molecule has 0 N–H and O–H groups in total. The van der Waals surface area contributed by atoms with Crippen LogP contribution in [-0.2, 0) is 0 Å². The van der Waals surface area contributed by atoms with E-state index >= 15 is 0 Å². The fraction of sp³-hybridized carbons (Fsp3) is 0.438. The molecule has 0 aromatic heterocycles. The van der Waals surface area contributed by atoms with Crippen LogP contribution in [0, 0.1) is 6.92 Å². The lowest BCUT2D eigenvalue weighted by molar-refractivity contribution is 0.103. The lowest BCUT2D eigenvalue weighted by atomic mass is 9.98. The zero-order valence-electron chi connectivity index (χ0n) is 11.0. The molecule has 1 aromatic carbocycles. The Hall–Kier alpha value is -1.37. The minimum absolute atomic E-state index is 0.269. The van der Waals surface area contributed by atoms with Crippen molar-refractivity contribution in [3.63, 3.8) is 0 Å². The second-order valence-electron chi connectivity index (χ2n) is 4.84. The zero-order chi connectivity index (χ0) is 12.4. The molecule has 1 aromatic rings. The van der Waals surface area contributed by atoms with E-state index in [4.69, 9.17) is 0 Å². The van der Waals surface area contributed by atoms with Crippen molar-refractivity contribution in [3.05, 3.63) is 40.5 Å². The molecular weight excluding hydrogens is 208 g/mol. The molecule has 90 valence electrons. The van der Waals surface area contributed by atoms with Gasteiger partial charge in [0.05, 0.1) is 0 Å². The van der Waals surface area contributed by atoms with Gasteiger partial charge in [0.15, 0.2) is 5.78 Å². The summed E-state index contributed by atoms with van der Waals surface area (Å²) >= 11 is 0. The molecule has 17 heavy (non-hydrogen) atoms. The van der Waals surface area contributed by atoms with Gasteiger partial charge in [-0.3, -0.25) is 4.79 Å². The van der Waals surface area contributed by atoms with E-state index in [2.05, 4.69) is 26.8 Å². The summed E-state index contributed by atoms with van der Waals surface area (Å²) in [5.74, 6) is 0.269. The van der Waals surface area contributed by atoms with Gasteiger partial charge in [0.25, 0.3) is 0 Å². The van der Waals surface area contributed by atoms with Crippen LogP contribution in [0.3, 0.4) is 0 Å². The van der Waals surface area contributed by atoms with Gasteiger partial charge < -0.3 is 0 Å². The van der Waals surface area contributed by atoms with E-state index in [0.717, 1.165) is 36.8 Å². The molecule has 0 unspecified atom stereocenters. The van der Waals surface area contributed by atoms with Gasteiger partial charge in [-0.1, -0.05) is 50.5 Å². The van der Waals surface area contributed by atoms with Crippen LogP contribution < -0.4 is 0 Å². The van der Waals surface area contributed by atoms with Crippen molar-refractivity contribution in [3.8, 4) is 0 Å². The normalized spacial score (nSPS) is 14.4. The fourth-order valence-corrected chi connectivity index (χ4v) is 2.62. The van der Waals surface area contributed by atoms with Crippen molar-refractivity contribution in [1.82, 2.24) is 0 Å². The number of Topliss-reactive ketones (excluding diaryl/α,β-unsaturated/α-hetero) is 1. The minimum atomic E-state index is 0.269. The van der Waals surface area contributed by atoms with E-state index in [-0.39, 0.29) is 5.78 Å². The van der Waals surface area contributed by atoms with Crippen molar-refractivity contribution in [2.75, 3.05) is 0 Å². The molecule has 0 atom stereocenters. The Bertz CT molecular complexity index is 480. The third kappa shape index (κ3) is 2.06. The number of benzene rings is 1. The van der Waals surface area contributed by atoms with Crippen molar-refractivity contribution < 1.29 is 4.79 Å². The van der Waals surface area contributed by atoms with Crippen molar-refractivity contribution in [2.45, 2.75) is 46.5 Å². The Morgan fingerprint density at radius 3 is 2.24 bits per heavy atom. The molecule has 0 amide bonds. The van der Waals surface area contributed by atoms with E-state index in [1.807, 2.05) is 12.1 Å². The Labute approximate surface area is 104 Å². The lowest BCUT2D eigenvalue weighted by Crippen LogP contribution is -1.98. The van der Waals surface area contributed by atoms with Gasteiger partial charge in [0.2, 0.25) is 0 Å². The number of hydrogen-bond donors (Lipinski definition) is 0. The minimum Gasteiger partial charge on any atom is -0.289 e. The Balaban J connectivity index is 2.53. The molecule has 1 aliphatic rings. The Morgan fingerprint density at radius 2 is 1.59 bits per heavy atom. The molecule has 0 radical (unpaired) electrons. The highest BCUT2D eigenvalue weighted by molar-refractivity contribution is 6.20. The predicted molar refractivity (Wildman–Crippen MR) is 72.2 cm³/mol. The molecule has 2 rings (SSSR count). The number of carbonyl (C=O) groups is 1. The number of allylic oxidation sites excluding steroid dienone is 2. The average molecular weight is 228 g/mol. The first-order valence-corrected chi connectivity index (χ1v) is 6.56. The highest BCUT2D eigenvalue weighted by Gasteiger charge is 2.27. The first kappa shape index (κ1) is 12.1. The summed E-state index contributed by atoms with van der Waals surface area (Å²) in [4.78, 5) is 12.3. The van der Waals surface area contributed by atoms with Gasteiger partial charge in [0, 0.05) is 11.1 Å². The maximum atomic E-state index is 12.3. The fourth-order valence-electron chi connectivity index (χ4n) is 2.62. The van der Waals surface area contributed by atoms with Gasteiger partial charge in [-0.25, -0.2) is 0 Å². The smallest absolute Gasteiger partial charge is 0.189 e. The van der Waals surface area contributed by atoms with Crippen molar-refractivity contribution >= 4 is 11.4 Å². The first-order chi connectivity index (χ1) is 8.19. The molecule has 0 aliphatic heterocycles. The molecule has 0 spiro atoms. The standard InChI is InChI=1S/C16H20O/c1-4-6-12-13(7-5-2)16(17)14-9-8-11(3)10-15(12)14/h8-10H,4-7H2,1-3H3. The van der Waals surface area contributed by atoms with Crippen LogP contribution in [0.5, 0.6) is 0 Å². The second-order valence-corrected chi connectivity index (χ2v) is 4.84. The SMILES string of the molecule is CCCC1=C(CCC)c2cc(C)ccc2C1=O. The van der Waals surface area contributed by atoms with E-state index in [9.17, 15) is 4.79 Å². The van der Waals surface area contributed by atoms with Crippen LogP contribution in [0.25, 0.3) is 5.57 Å². The molecule has 0 fully saturated rings. The summed E-state index contributed by atoms with van der Waals surface area (Å²) in [7, 11) is 0. The van der Waals surface area contributed by atoms with Gasteiger partial charge >= 0.3 is 0 Å². The molecule has 0 saturated heterocycles. The quantitative estimate of drug-likeness (QED) is 0.739. The number of aryl methyl sites for hydroxylation is 1. The first-order valence-electron chi connectivity index (χ1n) is 6.56. The number of carbonyl (C=O) groups excluding carboxylic acids is 1. The van der Waals surface area contributed by atoms with Crippen LogP contribution in [0.1, 0.15) is 61.0 Å². The van der Waals surface area contributed by atoms with E-state index < -0.39 is 0 Å². The Morgan fingerprint density at radius 1 is 0.941 bits per heavy atom. The van der Waals surface area contributed by atoms with Crippen molar-refractivity contribution in [2.24, 2.45) is 0 Å². The number of fused-ring (bicyclic) bond motifs is 1. The number of ketones is 1. The summed E-state index contributed by atoms with van der Waals surface area (Å²) in [6, 6.07) is 6.20. The molecule has 0 saturated carbocycles. The van der Waals surface area contributed by atoms with Gasteiger partial charge in [-0.15, -0.1) is 0 Å². The molecular formula is C16H20O. The van der Waals surface area contributed by atoms with Gasteiger partial charge in [-0.05, 0) is 30.9 Å². The average Bonchev–Trinajstić information content (AvgIpc) is 2.55. The van der Waals surface area contributed by atoms with E-state index in [1.54, 1.807) is 0 Å². The van der Waals surface area contributed by atoms with Crippen LogP contribution in [-0.4, -0.2) is 5.78 Å². The number of hydrogen-bond acceptors (Lipinski definition) is 1. The summed E-state index contributed by atoms with van der Waals surface area (Å²) in [6.45, 7) is 6.40. The van der Waals surface area contributed by atoms with Crippen molar-refractivity contribution in [1.29, 1.82) is 0 Å². The number of rotatable bonds is 4. The van der Waals surface area contributed by atoms with Crippen LogP contribution >= 0.6 is 0 Å². The summed E-state index contributed by atoms with van der Waals surface area (Å²) in [6.07, 6.45) is 4.09. The second kappa shape index (κ2) is 4.87. The van der Waals surface area contributed by atoms with E-state index in [0.29, 0.717) is 0 Å². The molecule has 1 nitrogen and oxygen atoms in total. The molecule has 0 heterocycles.